The quantitative estimate of drug-likeness (QED) is 0.505. The maximum Gasteiger partial charge on any atom is 0.290 e. The number of aromatic nitrogens is 4. The minimum atomic E-state index is -3.83. The molecule has 4 atom stereocenters. The van der Waals surface area contributed by atoms with Gasteiger partial charge in [-0.2, -0.15) is 8.42 Å². The van der Waals surface area contributed by atoms with Crippen LogP contribution >= 0.6 is 11.6 Å². The van der Waals surface area contributed by atoms with Crippen molar-refractivity contribution in [2.24, 2.45) is 0 Å². The lowest BCUT2D eigenvalue weighted by Crippen LogP contribution is -2.30. The first-order valence-electron chi connectivity index (χ1n) is 9.03. The Hall–Kier alpha value is -1.63. The maximum atomic E-state index is 12.1. The lowest BCUT2D eigenvalue weighted by atomic mass is 10.1. The highest BCUT2D eigenvalue weighted by atomic mass is 35.5. The van der Waals surface area contributed by atoms with E-state index in [1.165, 1.54) is 6.33 Å². The van der Waals surface area contributed by atoms with Crippen molar-refractivity contribution in [1.82, 2.24) is 19.5 Å². The van der Waals surface area contributed by atoms with E-state index in [1.807, 2.05) is 0 Å². The molecule has 2 aliphatic rings. The van der Waals surface area contributed by atoms with Crippen LogP contribution in [-0.2, 0) is 28.5 Å². The first-order chi connectivity index (χ1) is 13.6. The van der Waals surface area contributed by atoms with Crippen molar-refractivity contribution in [3.05, 3.63) is 28.8 Å². The minimum Gasteiger partial charge on any atom is -0.345 e. The predicted molar refractivity (Wildman–Crippen MR) is 102 cm³/mol. The molecule has 2 fully saturated rings. The Labute approximate surface area is 172 Å². The molecule has 0 radical (unpaired) electrons. The van der Waals surface area contributed by atoms with Gasteiger partial charge in [0.05, 0.1) is 18.3 Å². The second-order valence-electron chi connectivity index (χ2n) is 7.26. The van der Waals surface area contributed by atoms with E-state index in [1.54, 1.807) is 38.6 Å². The van der Waals surface area contributed by atoms with Gasteiger partial charge in [0.15, 0.2) is 22.8 Å². The zero-order valence-corrected chi connectivity index (χ0v) is 17.8. The molecule has 12 heteroatoms. The molecule has 2 aromatic heterocycles. The molecular formula is C17H21ClN4O6S. The van der Waals surface area contributed by atoms with E-state index in [-0.39, 0.29) is 11.8 Å². The number of ether oxygens (including phenoxy) is 3. The Morgan fingerprint density at radius 1 is 1.31 bits per heavy atom. The Kier molecular flexibility index (Phi) is 5.16. The summed E-state index contributed by atoms with van der Waals surface area (Å²) < 4.78 is 48.9. The number of nitrogens with zero attached hydrogens (tertiary/aromatic N) is 4. The number of hydrogen-bond donors (Lipinski definition) is 0. The van der Waals surface area contributed by atoms with Crippen molar-refractivity contribution >= 4 is 32.9 Å². The summed E-state index contributed by atoms with van der Waals surface area (Å²) in [6.07, 6.45) is 0.512. The molecule has 4 heterocycles. The zero-order chi connectivity index (χ0) is 21.0. The summed E-state index contributed by atoms with van der Waals surface area (Å²) in [7, 11) is -3.83. The van der Waals surface area contributed by atoms with Gasteiger partial charge >= 0.3 is 0 Å². The molecule has 0 N–H and O–H groups in total. The lowest BCUT2D eigenvalue weighted by molar-refractivity contribution is -0.192. The molecule has 2 aliphatic heterocycles. The van der Waals surface area contributed by atoms with Gasteiger partial charge in [-0.25, -0.2) is 15.0 Å². The van der Waals surface area contributed by atoms with Gasteiger partial charge in [-0.1, -0.05) is 11.6 Å². The van der Waals surface area contributed by atoms with Crippen molar-refractivity contribution in [2.45, 2.75) is 58.0 Å². The van der Waals surface area contributed by atoms with Gasteiger partial charge in [0.25, 0.3) is 10.1 Å². The molecule has 0 bridgehead atoms. The fraction of sp³-hybridized carbons (Fsp3) is 0.588. The van der Waals surface area contributed by atoms with E-state index in [4.69, 9.17) is 30.0 Å². The highest BCUT2D eigenvalue weighted by molar-refractivity contribution is 7.89. The maximum absolute atomic E-state index is 12.1. The predicted octanol–water partition coefficient (Wildman–Crippen LogP) is 2.17. The molecule has 0 spiro atoms. The SMILES string of the molecule is CCOS(=O)(=O)/C=C(\C)[C@H]1OC(n2cnc3c(Cl)ncnc32)[C@@H]2OC(C)(C)O[C@H]12. The Morgan fingerprint density at radius 2 is 2.03 bits per heavy atom. The summed E-state index contributed by atoms with van der Waals surface area (Å²) in [5, 5.41) is 1.28. The van der Waals surface area contributed by atoms with Crippen LogP contribution in [0.2, 0.25) is 5.15 Å². The van der Waals surface area contributed by atoms with Crippen LogP contribution in [0, 0.1) is 0 Å². The van der Waals surface area contributed by atoms with E-state index in [9.17, 15) is 8.42 Å². The lowest BCUT2D eigenvalue weighted by Gasteiger charge is -2.25. The van der Waals surface area contributed by atoms with Crippen LogP contribution in [-0.4, -0.2) is 58.6 Å². The van der Waals surface area contributed by atoms with Crippen LogP contribution in [0.15, 0.2) is 23.6 Å². The summed E-state index contributed by atoms with van der Waals surface area (Å²) in [5.74, 6) is -0.863. The van der Waals surface area contributed by atoms with E-state index in [0.29, 0.717) is 16.7 Å². The molecule has 2 aromatic rings. The Balaban J connectivity index is 1.73. The fourth-order valence-electron chi connectivity index (χ4n) is 3.67. The number of halogens is 1. The molecular weight excluding hydrogens is 424 g/mol. The normalized spacial score (nSPS) is 29.5. The Bertz CT molecular complexity index is 1070. The van der Waals surface area contributed by atoms with Crippen LogP contribution in [0.1, 0.15) is 33.9 Å². The molecule has 10 nitrogen and oxygen atoms in total. The largest absolute Gasteiger partial charge is 0.345 e. The monoisotopic (exact) mass is 444 g/mol. The minimum absolute atomic E-state index is 0.0421. The van der Waals surface area contributed by atoms with Gasteiger partial charge < -0.3 is 14.2 Å². The van der Waals surface area contributed by atoms with Gasteiger partial charge in [-0.05, 0) is 33.3 Å². The molecule has 2 saturated heterocycles. The van der Waals surface area contributed by atoms with Gasteiger partial charge in [-0.15, -0.1) is 0 Å². The van der Waals surface area contributed by atoms with Gasteiger partial charge in [0.1, 0.15) is 30.2 Å². The first kappa shape index (κ1) is 20.6. The number of rotatable bonds is 5. The molecule has 158 valence electrons. The van der Waals surface area contributed by atoms with Crippen LogP contribution < -0.4 is 0 Å². The summed E-state index contributed by atoms with van der Waals surface area (Å²) in [6.45, 7) is 6.88. The highest BCUT2D eigenvalue weighted by Crippen LogP contribution is 2.45. The average molecular weight is 445 g/mol. The van der Waals surface area contributed by atoms with E-state index >= 15 is 0 Å². The highest BCUT2D eigenvalue weighted by Gasteiger charge is 2.56. The van der Waals surface area contributed by atoms with Crippen molar-refractivity contribution in [3.63, 3.8) is 0 Å². The molecule has 0 aliphatic carbocycles. The van der Waals surface area contributed by atoms with Crippen LogP contribution in [0.4, 0.5) is 0 Å². The summed E-state index contributed by atoms with van der Waals surface area (Å²) >= 11 is 6.10. The topological polar surface area (TPSA) is 115 Å². The number of hydrogen-bond acceptors (Lipinski definition) is 9. The molecule has 4 rings (SSSR count). The van der Waals surface area contributed by atoms with Crippen molar-refractivity contribution < 1.29 is 26.8 Å². The second kappa shape index (κ2) is 7.25. The van der Waals surface area contributed by atoms with E-state index in [2.05, 4.69) is 15.0 Å². The molecule has 1 unspecified atom stereocenters. The molecule has 0 amide bonds. The number of imidazole rings is 1. The molecule has 29 heavy (non-hydrogen) atoms. The van der Waals surface area contributed by atoms with E-state index < -0.39 is 40.4 Å². The standard InChI is InChI=1S/C17H21ClN4O6S/c1-5-25-29(23,24)6-9(2)11-12-13(28-17(3,4)27-12)16(26-11)22-8-21-10-14(18)19-7-20-15(10)22/h6-8,11-13,16H,5H2,1-4H3/b9-6+/t11-,12-,13-,16?/m1/s1. The molecule has 0 aromatic carbocycles. The first-order valence-corrected chi connectivity index (χ1v) is 10.9. The van der Waals surface area contributed by atoms with Crippen molar-refractivity contribution in [1.29, 1.82) is 0 Å². The fourth-order valence-corrected chi connectivity index (χ4v) is 4.83. The zero-order valence-electron chi connectivity index (χ0n) is 16.3. The average Bonchev–Trinajstić information content (AvgIpc) is 3.25. The second-order valence-corrected chi connectivity index (χ2v) is 9.08. The Morgan fingerprint density at radius 3 is 2.76 bits per heavy atom. The van der Waals surface area contributed by atoms with E-state index in [0.717, 1.165) is 5.41 Å². The number of fused-ring (bicyclic) bond motifs is 2. The van der Waals surface area contributed by atoms with Crippen LogP contribution in [0.3, 0.4) is 0 Å². The summed E-state index contributed by atoms with van der Waals surface area (Å²) in [4.78, 5) is 12.4. The van der Waals surface area contributed by atoms with Crippen LogP contribution in [0.25, 0.3) is 11.2 Å². The van der Waals surface area contributed by atoms with Crippen molar-refractivity contribution in [3.8, 4) is 0 Å². The summed E-state index contributed by atoms with van der Waals surface area (Å²) in [6, 6.07) is 0. The van der Waals surface area contributed by atoms with Crippen LogP contribution in [0.5, 0.6) is 0 Å². The van der Waals surface area contributed by atoms with Crippen molar-refractivity contribution in [2.75, 3.05) is 6.61 Å². The smallest absolute Gasteiger partial charge is 0.290 e. The molecule has 0 saturated carbocycles. The van der Waals surface area contributed by atoms with Gasteiger partial charge in [-0.3, -0.25) is 8.75 Å². The van der Waals surface area contributed by atoms with Gasteiger partial charge in [0.2, 0.25) is 0 Å². The third-order valence-corrected chi connectivity index (χ3v) is 6.18. The third-order valence-electron chi connectivity index (χ3n) is 4.68. The third kappa shape index (κ3) is 3.78. The summed E-state index contributed by atoms with van der Waals surface area (Å²) in [5.41, 5.74) is 1.35. The van der Waals surface area contributed by atoms with Gasteiger partial charge in [0, 0.05) is 0 Å².